The average molecular weight is 383 g/mol. The Kier molecular flexibility index (Phi) is 5.36. The monoisotopic (exact) mass is 383 g/mol. The number of carbonyl (C=O) groups is 1. The number of amides is 1. The molecule has 3 unspecified atom stereocenters. The van der Waals surface area contributed by atoms with E-state index in [9.17, 15) is 4.79 Å². The van der Waals surface area contributed by atoms with Crippen molar-refractivity contribution in [2.24, 2.45) is 0 Å². The highest BCUT2D eigenvalue weighted by Crippen LogP contribution is 2.32. The second-order valence-electron chi connectivity index (χ2n) is 7.04. The van der Waals surface area contributed by atoms with Gasteiger partial charge in [-0.15, -0.1) is 0 Å². The Morgan fingerprint density at radius 3 is 2.61 bits per heavy atom. The lowest BCUT2D eigenvalue weighted by Gasteiger charge is -2.22. The predicted molar refractivity (Wildman–Crippen MR) is 104 cm³/mol. The molecule has 3 atom stereocenters. The lowest BCUT2D eigenvalue weighted by molar-refractivity contribution is -0.123. The third kappa shape index (κ3) is 3.90. The van der Waals surface area contributed by atoms with E-state index in [1.54, 1.807) is 7.11 Å². The zero-order valence-electron chi connectivity index (χ0n) is 16.0. The van der Waals surface area contributed by atoms with Crippen LogP contribution in [-0.4, -0.2) is 32.3 Å². The Bertz CT molecular complexity index is 840. The fourth-order valence-corrected chi connectivity index (χ4v) is 3.51. The van der Waals surface area contributed by atoms with Crippen molar-refractivity contribution in [2.45, 2.75) is 31.5 Å². The summed E-state index contributed by atoms with van der Waals surface area (Å²) in [5.74, 6) is 2.26. The number of rotatable bonds is 5. The molecule has 7 heteroatoms. The number of hydrogen-bond donors (Lipinski definition) is 3. The molecule has 3 N–H and O–H groups in total. The first kappa shape index (κ1) is 18.6. The molecule has 0 saturated carbocycles. The Morgan fingerprint density at radius 2 is 1.86 bits per heavy atom. The van der Waals surface area contributed by atoms with Gasteiger partial charge in [0.05, 0.1) is 13.2 Å². The quantitative estimate of drug-likeness (QED) is 0.735. The van der Waals surface area contributed by atoms with Crippen molar-refractivity contribution in [3.8, 4) is 17.2 Å². The predicted octanol–water partition coefficient (Wildman–Crippen LogP) is 2.25. The second-order valence-corrected chi connectivity index (χ2v) is 7.04. The molecular formula is C21H25N3O4. The highest BCUT2D eigenvalue weighted by atomic mass is 16.6. The number of methoxy groups -OCH3 is 1. The molecule has 4 rings (SSSR count). The van der Waals surface area contributed by atoms with Crippen LogP contribution < -0.4 is 30.4 Å². The minimum atomic E-state index is -0.299. The topological polar surface area (TPSA) is 80.9 Å². The molecule has 0 aliphatic carbocycles. The number of nitrogens with one attached hydrogen (secondary N) is 3. The minimum Gasteiger partial charge on any atom is -0.497 e. The molecule has 2 aromatic carbocycles. The summed E-state index contributed by atoms with van der Waals surface area (Å²) in [5, 5.41) is 3.08. The number of fused-ring (bicyclic) bond motifs is 1. The van der Waals surface area contributed by atoms with Crippen LogP contribution in [0.4, 0.5) is 0 Å². The van der Waals surface area contributed by atoms with E-state index in [1.807, 2.05) is 49.4 Å². The number of benzene rings is 2. The first-order valence-electron chi connectivity index (χ1n) is 9.49. The fourth-order valence-electron chi connectivity index (χ4n) is 3.51. The van der Waals surface area contributed by atoms with E-state index >= 15 is 0 Å². The summed E-state index contributed by atoms with van der Waals surface area (Å²) >= 11 is 0. The normalized spacial score (nSPS) is 21.8. The van der Waals surface area contributed by atoms with Gasteiger partial charge < -0.3 is 19.5 Å². The fraction of sp³-hybridized carbons (Fsp3) is 0.381. The summed E-state index contributed by atoms with van der Waals surface area (Å²) in [6.07, 6.45) is 0.673. The Balaban J connectivity index is 1.36. The molecule has 2 aliphatic heterocycles. The number of carbonyl (C=O) groups excluding carboxylic acids is 1. The van der Waals surface area contributed by atoms with Crippen molar-refractivity contribution in [3.05, 3.63) is 53.6 Å². The van der Waals surface area contributed by atoms with Gasteiger partial charge in [-0.25, -0.2) is 10.9 Å². The maximum atomic E-state index is 12.7. The largest absolute Gasteiger partial charge is 0.497 e. The third-order valence-electron chi connectivity index (χ3n) is 5.16. The Labute approximate surface area is 164 Å². The smallest absolute Gasteiger partial charge is 0.239 e. The number of hydrogen-bond acceptors (Lipinski definition) is 6. The first-order chi connectivity index (χ1) is 13.6. The lowest BCUT2D eigenvalue weighted by Crippen LogP contribution is -2.43. The van der Waals surface area contributed by atoms with Crippen LogP contribution in [-0.2, 0) is 4.79 Å². The summed E-state index contributed by atoms with van der Waals surface area (Å²) in [6.45, 7) is 3.07. The molecular weight excluding hydrogens is 358 g/mol. The molecule has 0 aromatic heterocycles. The van der Waals surface area contributed by atoms with Crippen LogP contribution in [0.25, 0.3) is 0 Å². The Morgan fingerprint density at radius 1 is 1.11 bits per heavy atom. The van der Waals surface area contributed by atoms with E-state index in [2.05, 4.69) is 16.2 Å². The summed E-state index contributed by atoms with van der Waals surface area (Å²) in [4.78, 5) is 12.7. The standard InChI is InChI=1S/C21H25N3O4/c1-13(15-5-8-19-20(11-15)28-10-9-27-19)22-21(25)18-12-17(23-24-18)14-3-6-16(26-2)7-4-14/h3-8,11,13,17-18,23-24H,9-10,12H2,1-2H3,(H,22,25). The summed E-state index contributed by atoms with van der Waals surface area (Å²) < 4.78 is 16.4. The molecule has 1 amide bonds. The molecule has 7 nitrogen and oxygen atoms in total. The SMILES string of the molecule is COc1ccc(C2CC(C(=O)NC(C)c3ccc4c(c3)OCCO4)NN2)cc1. The average Bonchev–Trinajstić information content (AvgIpc) is 3.24. The van der Waals surface area contributed by atoms with Gasteiger partial charge in [0.1, 0.15) is 25.0 Å². The van der Waals surface area contributed by atoms with E-state index in [0.29, 0.717) is 19.6 Å². The zero-order valence-corrected chi connectivity index (χ0v) is 16.0. The lowest BCUT2D eigenvalue weighted by atomic mass is 10.0. The minimum absolute atomic E-state index is 0.0362. The van der Waals surface area contributed by atoms with Crippen LogP contribution in [0.5, 0.6) is 17.2 Å². The molecule has 28 heavy (non-hydrogen) atoms. The number of ether oxygens (including phenoxy) is 3. The van der Waals surface area contributed by atoms with Crippen molar-refractivity contribution in [1.29, 1.82) is 0 Å². The molecule has 0 bridgehead atoms. The van der Waals surface area contributed by atoms with Gasteiger partial charge in [-0.2, -0.15) is 0 Å². The molecule has 2 aromatic rings. The van der Waals surface area contributed by atoms with E-state index in [1.165, 1.54) is 0 Å². The molecule has 0 radical (unpaired) electrons. The van der Waals surface area contributed by atoms with Gasteiger partial charge in [-0.1, -0.05) is 18.2 Å². The van der Waals surface area contributed by atoms with Crippen molar-refractivity contribution in [3.63, 3.8) is 0 Å². The van der Waals surface area contributed by atoms with Gasteiger partial charge in [-0.3, -0.25) is 4.79 Å². The van der Waals surface area contributed by atoms with E-state index in [-0.39, 0.29) is 24.0 Å². The molecule has 0 spiro atoms. The van der Waals surface area contributed by atoms with Gasteiger partial charge >= 0.3 is 0 Å². The summed E-state index contributed by atoms with van der Waals surface area (Å²) in [7, 11) is 1.65. The Hall–Kier alpha value is -2.77. The van der Waals surface area contributed by atoms with E-state index in [4.69, 9.17) is 14.2 Å². The summed E-state index contributed by atoms with van der Waals surface area (Å²) in [6, 6.07) is 13.3. The number of hydrazine groups is 1. The van der Waals surface area contributed by atoms with Gasteiger partial charge in [-0.05, 0) is 48.7 Å². The molecule has 1 saturated heterocycles. The molecule has 2 heterocycles. The third-order valence-corrected chi connectivity index (χ3v) is 5.16. The van der Waals surface area contributed by atoms with Crippen molar-refractivity contribution < 1.29 is 19.0 Å². The first-order valence-corrected chi connectivity index (χ1v) is 9.49. The van der Waals surface area contributed by atoms with E-state index < -0.39 is 0 Å². The highest BCUT2D eigenvalue weighted by Gasteiger charge is 2.31. The van der Waals surface area contributed by atoms with Crippen LogP contribution >= 0.6 is 0 Å². The van der Waals surface area contributed by atoms with Gasteiger partial charge in [0, 0.05) is 6.04 Å². The van der Waals surface area contributed by atoms with Crippen LogP contribution in [0, 0.1) is 0 Å². The van der Waals surface area contributed by atoms with Crippen LogP contribution in [0.2, 0.25) is 0 Å². The highest BCUT2D eigenvalue weighted by molar-refractivity contribution is 5.82. The van der Waals surface area contributed by atoms with Crippen molar-refractivity contribution in [1.82, 2.24) is 16.2 Å². The van der Waals surface area contributed by atoms with Crippen LogP contribution in [0.3, 0.4) is 0 Å². The maximum absolute atomic E-state index is 12.7. The maximum Gasteiger partial charge on any atom is 0.239 e. The van der Waals surface area contributed by atoms with Gasteiger partial charge in [0.25, 0.3) is 0 Å². The second kappa shape index (κ2) is 8.08. The molecule has 1 fully saturated rings. The molecule has 148 valence electrons. The molecule has 2 aliphatic rings. The zero-order chi connectivity index (χ0) is 19.5. The van der Waals surface area contributed by atoms with E-state index in [0.717, 1.165) is 28.4 Å². The summed E-state index contributed by atoms with van der Waals surface area (Å²) in [5.41, 5.74) is 8.41. The van der Waals surface area contributed by atoms with Crippen molar-refractivity contribution >= 4 is 5.91 Å². The van der Waals surface area contributed by atoms with Gasteiger partial charge in [0.2, 0.25) is 5.91 Å². The van der Waals surface area contributed by atoms with Crippen LogP contribution in [0.1, 0.15) is 36.6 Å². The van der Waals surface area contributed by atoms with Crippen molar-refractivity contribution in [2.75, 3.05) is 20.3 Å². The van der Waals surface area contributed by atoms with Crippen LogP contribution in [0.15, 0.2) is 42.5 Å². The van der Waals surface area contributed by atoms with Gasteiger partial charge in [0.15, 0.2) is 11.5 Å².